The van der Waals surface area contributed by atoms with E-state index in [1.165, 1.54) is 28.6 Å². The van der Waals surface area contributed by atoms with E-state index in [0.29, 0.717) is 13.1 Å². The second kappa shape index (κ2) is 6.63. The lowest BCUT2D eigenvalue weighted by Gasteiger charge is -2.17. The highest BCUT2D eigenvalue weighted by Crippen LogP contribution is 2.23. The summed E-state index contributed by atoms with van der Waals surface area (Å²) in [7, 11) is -7.43. The highest BCUT2D eigenvalue weighted by molar-refractivity contribution is 7.90. The Morgan fingerprint density at radius 1 is 1.18 bits per heavy atom. The van der Waals surface area contributed by atoms with Crippen LogP contribution in [0.3, 0.4) is 0 Å². The van der Waals surface area contributed by atoms with E-state index in [1.807, 2.05) is 0 Å². The average molecular weight is 347 g/mol. The molecule has 0 spiro atoms. The zero-order valence-electron chi connectivity index (χ0n) is 12.4. The van der Waals surface area contributed by atoms with Crippen molar-refractivity contribution in [3.63, 3.8) is 0 Å². The van der Waals surface area contributed by atoms with E-state index < -0.39 is 26.1 Å². The molecular weight excluding hydrogens is 326 g/mol. The fourth-order valence-corrected chi connectivity index (χ4v) is 5.20. The molecule has 0 bridgehead atoms. The zero-order chi connectivity index (χ0) is 16.4. The predicted molar refractivity (Wildman–Crippen MR) is 83.3 cm³/mol. The largest absolute Gasteiger partial charge is 0.329 e. The molecule has 0 saturated carbocycles. The van der Waals surface area contributed by atoms with E-state index in [4.69, 9.17) is 5.73 Å². The van der Waals surface area contributed by atoms with Gasteiger partial charge in [0.05, 0.1) is 9.79 Å². The summed E-state index contributed by atoms with van der Waals surface area (Å²) in [6, 6.07) is 4.99. The van der Waals surface area contributed by atoms with Crippen molar-refractivity contribution in [3.05, 3.63) is 24.3 Å². The van der Waals surface area contributed by atoms with Crippen LogP contribution in [0.4, 0.5) is 0 Å². The van der Waals surface area contributed by atoms with Crippen molar-refractivity contribution in [2.24, 2.45) is 5.73 Å². The Bertz CT molecular complexity index is 725. The summed E-state index contributed by atoms with van der Waals surface area (Å²) in [5.41, 5.74) is 5.41. The molecule has 124 valence electrons. The van der Waals surface area contributed by atoms with Gasteiger partial charge in [-0.2, -0.15) is 4.31 Å². The maximum atomic E-state index is 12.5. The minimum Gasteiger partial charge on any atom is -0.329 e. The third-order valence-corrected chi connectivity index (χ3v) is 7.01. The topological polar surface area (TPSA) is 110 Å². The van der Waals surface area contributed by atoms with Crippen LogP contribution in [0.1, 0.15) is 19.8 Å². The third-order valence-electron chi connectivity index (χ3n) is 3.53. The minimum atomic E-state index is -3.79. The Labute approximate surface area is 131 Å². The van der Waals surface area contributed by atoms with Crippen molar-refractivity contribution in [2.45, 2.75) is 35.6 Å². The molecule has 0 unspecified atom stereocenters. The molecule has 1 saturated heterocycles. The van der Waals surface area contributed by atoms with Crippen LogP contribution in [-0.2, 0) is 20.0 Å². The van der Waals surface area contributed by atoms with Gasteiger partial charge in [-0.15, -0.1) is 0 Å². The van der Waals surface area contributed by atoms with E-state index in [1.54, 1.807) is 6.92 Å². The van der Waals surface area contributed by atoms with Gasteiger partial charge in [0.1, 0.15) is 0 Å². The monoisotopic (exact) mass is 347 g/mol. The molecule has 1 aromatic carbocycles. The van der Waals surface area contributed by atoms with Gasteiger partial charge in [0.25, 0.3) is 0 Å². The zero-order valence-corrected chi connectivity index (χ0v) is 14.0. The molecule has 1 aliphatic heterocycles. The quantitative estimate of drug-likeness (QED) is 0.758. The van der Waals surface area contributed by atoms with Crippen molar-refractivity contribution in [2.75, 3.05) is 19.6 Å². The number of sulfonamides is 2. The van der Waals surface area contributed by atoms with Crippen LogP contribution >= 0.6 is 0 Å². The Kier molecular flexibility index (Phi) is 5.23. The average Bonchev–Trinajstić information content (AvgIpc) is 3.02. The second-order valence-corrected chi connectivity index (χ2v) is 9.00. The number of hydrogen-bond acceptors (Lipinski definition) is 5. The van der Waals surface area contributed by atoms with E-state index in [9.17, 15) is 16.8 Å². The summed E-state index contributed by atoms with van der Waals surface area (Å²) in [4.78, 5) is -0.0780. The Balaban J connectivity index is 2.34. The Morgan fingerprint density at radius 2 is 1.77 bits per heavy atom. The maximum Gasteiger partial charge on any atom is 0.243 e. The molecule has 1 atom stereocenters. The molecule has 3 N–H and O–H groups in total. The van der Waals surface area contributed by atoms with Gasteiger partial charge in [-0.1, -0.05) is 6.07 Å². The second-order valence-electron chi connectivity index (χ2n) is 5.34. The van der Waals surface area contributed by atoms with Crippen molar-refractivity contribution in [1.29, 1.82) is 0 Å². The van der Waals surface area contributed by atoms with E-state index >= 15 is 0 Å². The molecular formula is C13H21N3O4S2. The lowest BCUT2D eigenvalue weighted by molar-refractivity contribution is 0.477. The first kappa shape index (κ1) is 17.4. The number of hydrogen-bond donors (Lipinski definition) is 2. The van der Waals surface area contributed by atoms with Crippen molar-refractivity contribution >= 4 is 20.0 Å². The van der Waals surface area contributed by atoms with Crippen LogP contribution in [0.25, 0.3) is 0 Å². The van der Waals surface area contributed by atoms with Gasteiger partial charge in [-0.25, -0.2) is 21.6 Å². The fourth-order valence-electron chi connectivity index (χ4n) is 2.26. The van der Waals surface area contributed by atoms with Gasteiger partial charge in [0.15, 0.2) is 0 Å². The van der Waals surface area contributed by atoms with Crippen LogP contribution < -0.4 is 10.5 Å². The summed E-state index contributed by atoms with van der Waals surface area (Å²) in [5.74, 6) is 0. The highest BCUT2D eigenvalue weighted by Gasteiger charge is 2.28. The minimum absolute atomic E-state index is 0.00215. The van der Waals surface area contributed by atoms with E-state index in [-0.39, 0.29) is 16.3 Å². The molecule has 0 radical (unpaired) electrons. The molecule has 22 heavy (non-hydrogen) atoms. The van der Waals surface area contributed by atoms with Gasteiger partial charge in [0.2, 0.25) is 20.0 Å². The van der Waals surface area contributed by atoms with Crippen LogP contribution in [0, 0.1) is 0 Å². The van der Waals surface area contributed by atoms with Gasteiger partial charge in [0, 0.05) is 25.7 Å². The molecule has 7 nitrogen and oxygen atoms in total. The van der Waals surface area contributed by atoms with Crippen molar-refractivity contribution in [3.8, 4) is 0 Å². The summed E-state index contributed by atoms with van der Waals surface area (Å²) in [5, 5.41) is 0. The first-order chi connectivity index (χ1) is 10.3. The highest BCUT2D eigenvalue weighted by atomic mass is 32.2. The first-order valence-corrected chi connectivity index (χ1v) is 10.0. The Morgan fingerprint density at radius 3 is 2.36 bits per heavy atom. The van der Waals surface area contributed by atoms with Gasteiger partial charge in [-0.05, 0) is 38.0 Å². The lowest BCUT2D eigenvalue weighted by Crippen LogP contribution is -2.37. The molecule has 1 aromatic rings. The van der Waals surface area contributed by atoms with E-state index in [0.717, 1.165) is 12.8 Å². The SMILES string of the molecule is C[C@@H](CN)NS(=O)(=O)c1cccc(S(=O)(=O)N2CCCC2)c1. The lowest BCUT2D eigenvalue weighted by atomic mass is 10.4. The van der Waals surface area contributed by atoms with Crippen LogP contribution in [0.5, 0.6) is 0 Å². The normalized spacial score (nSPS) is 18.5. The van der Waals surface area contributed by atoms with Gasteiger partial charge < -0.3 is 5.73 Å². The van der Waals surface area contributed by atoms with Crippen molar-refractivity contribution in [1.82, 2.24) is 9.03 Å². The van der Waals surface area contributed by atoms with Gasteiger partial charge >= 0.3 is 0 Å². The molecule has 1 aliphatic rings. The maximum absolute atomic E-state index is 12.5. The standard InChI is InChI=1S/C13H21N3O4S2/c1-11(10-14)15-21(17,18)12-5-4-6-13(9-12)22(19,20)16-7-2-3-8-16/h4-6,9,11,15H,2-3,7-8,10,14H2,1H3/t11-/m0/s1. The molecule has 9 heteroatoms. The Hall–Kier alpha value is -1.00. The molecule has 1 heterocycles. The van der Waals surface area contributed by atoms with Crippen LogP contribution in [0.2, 0.25) is 0 Å². The van der Waals surface area contributed by atoms with Crippen LogP contribution in [0.15, 0.2) is 34.1 Å². The summed E-state index contributed by atoms with van der Waals surface area (Å²) in [6.45, 7) is 2.75. The number of benzene rings is 1. The molecule has 0 amide bonds. The summed E-state index contributed by atoms with van der Waals surface area (Å²) >= 11 is 0. The number of rotatable bonds is 6. The van der Waals surface area contributed by atoms with Crippen molar-refractivity contribution < 1.29 is 16.8 Å². The summed E-state index contributed by atoms with van der Waals surface area (Å²) < 4.78 is 53.2. The van der Waals surface area contributed by atoms with Crippen LogP contribution in [-0.4, -0.2) is 46.8 Å². The molecule has 2 rings (SSSR count). The van der Waals surface area contributed by atoms with Gasteiger partial charge in [-0.3, -0.25) is 0 Å². The number of nitrogens with two attached hydrogens (primary N) is 1. The number of nitrogens with zero attached hydrogens (tertiary/aromatic N) is 1. The van der Waals surface area contributed by atoms with E-state index in [2.05, 4.69) is 4.72 Å². The summed E-state index contributed by atoms with van der Waals surface area (Å²) in [6.07, 6.45) is 1.65. The molecule has 0 aromatic heterocycles. The predicted octanol–water partition coefficient (Wildman–Crippen LogP) is 0.0966. The smallest absolute Gasteiger partial charge is 0.243 e. The molecule has 1 fully saturated rings. The number of nitrogens with one attached hydrogen (secondary N) is 1. The fraction of sp³-hybridized carbons (Fsp3) is 0.538. The first-order valence-electron chi connectivity index (χ1n) is 7.10. The third kappa shape index (κ3) is 3.66. The molecule has 0 aliphatic carbocycles.